The fourth-order valence-corrected chi connectivity index (χ4v) is 1.83. The molecule has 0 aliphatic rings. The van der Waals surface area contributed by atoms with Crippen LogP contribution in [-0.2, 0) is 9.53 Å². The molecule has 0 spiro atoms. The maximum Gasteiger partial charge on any atom is 0.321 e. The van der Waals surface area contributed by atoms with Crippen molar-refractivity contribution in [3.8, 4) is 0 Å². The molecule has 1 atom stereocenters. The van der Waals surface area contributed by atoms with E-state index < -0.39 is 16.8 Å². The molecule has 0 fully saturated rings. The van der Waals surface area contributed by atoms with Gasteiger partial charge in [0.15, 0.2) is 0 Å². The summed E-state index contributed by atoms with van der Waals surface area (Å²) < 4.78 is 4.41. The van der Waals surface area contributed by atoms with Gasteiger partial charge in [-0.15, -0.1) is 0 Å². The van der Waals surface area contributed by atoms with Gasteiger partial charge in [-0.3, -0.25) is 4.79 Å². The van der Waals surface area contributed by atoms with Gasteiger partial charge in [0.05, 0.1) is 6.61 Å². The number of hydrogen-bond donors (Lipinski definition) is 2. The first-order valence-electron chi connectivity index (χ1n) is 4.03. The summed E-state index contributed by atoms with van der Waals surface area (Å²) in [4.78, 5) is 10.6. The van der Waals surface area contributed by atoms with E-state index in [9.17, 15) is 4.79 Å². The van der Waals surface area contributed by atoms with Gasteiger partial charge in [0.1, 0.15) is 6.04 Å². The van der Waals surface area contributed by atoms with Crippen molar-refractivity contribution in [1.29, 1.82) is 0 Å². The molecule has 0 aromatic heterocycles. The molecule has 0 heterocycles. The maximum absolute atomic E-state index is 10.6. The van der Waals surface area contributed by atoms with Crippen LogP contribution in [0.2, 0.25) is 0 Å². The fraction of sp³-hybridized carbons (Fsp3) is 0.875. The van der Waals surface area contributed by atoms with E-state index in [1.165, 1.54) is 11.8 Å². The van der Waals surface area contributed by atoms with Crippen molar-refractivity contribution < 1.29 is 14.6 Å². The van der Waals surface area contributed by atoms with Crippen LogP contribution in [0.4, 0.5) is 0 Å². The van der Waals surface area contributed by atoms with E-state index in [1.54, 1.807) is 7.11 Å². The van der Waals surface area contributed by atoms with Gasteiger partial charge in [0.25, 0.3) is 0 Å². The molecule has 0 aliphatic heterocycles. The number of ether oxygens (including phenoxy) is 1. The molecule has 4 nitrogen and oxygen atoms in total. The number of carbonyl (C=O) groups is 1. The number of nitrogens with two attached hydrogens (primary N) is 1. The Morgan fingerprint density at radius 1 is 1.69 bits per heavy atom. The van der Waals surface area contributed by atoms with Crippen molar-refractivity contribution in [1.82, 2.24) is 0 Å². The van der Waals surface area contributed by atoms with Gasteiger partial charge >= 0.3 is 5.97 Å². The van der Waals surface area contributed by atoms with E-state index >= 15 is 0 Å². The van der Waals surface area contributed by atoms with Crippen LogP contribution < -0.4 is 5.73 Å². The summed E-state index contributed by atoms with van der Waals surface area (Å²) in [5.74, 6) is -0.209. The van der Waals surface area contributed by atoms with Crippen LogP contribution in [0.5, 0.6) is 0 Å². The third kappa shape index (κ3) is 4.50. The van der Waals surface area contributed by atoms with Gasteiger partial charge in [0.2, 0.25) is 0 Å². The normalized spacial score (nSPS) is 14.2. The quantitative estimate of drug-likeness (QED) is 0.622. The van der Waals surface area contributed by atoms with Crippen LogP contribution in [0.15, 0.2) is 0 Å². The van der Waals surface area contributed by atoms with Crippen LogP contribution in [0.1, 0.15) is 13.8 Å². The second-order valence-corrected chi connectivity index (χ2v) is 5.01. The van der Waals surface area contributed by atoms with E-state index in [0.717, 1.165) is 5.75 Å². The highest BCUT2D eigenvalue weighted by molar-refractivity contribution is 8.00. The van der Waals surface area contributed by atoms with E-state index in [0.29, 0.717) is 6.61 Å². The largest absolute Gasteiger partial charge is 0.480 e. The third-order valence-corrected chi connectivity index (χ3v) is 3.15. The third-order valence-electron chi connectivity index (χ3n) is 1.78. The summed E-state index contributed by atoms with van der Waals surface area (Å²) >= 11 is 1.51. The van der Waals surface area contributed by atoms with Gasteiger partial charge in [-0.25, -0.2) is 0 Å². The summed E-state index contributed by atoms with van der Waals surface area (Å²) in [5, 5.41) is 8.70. The Morgan fingerprint density at radius 2 is 2.23 bits per heavy atom. The summed E-state index contributed by atoms with van der Waals surface area (Å²) in [5.41, 5.74) is 5.52. The molecule has 13 heavy (non-hydrogen) atoms. The van der Waals surface area contributed by atoms with Crippen LogP contribution >= 0.6 is 11.8 Å². The highest BCUT2D eigenvalue weighted by atomic mass is 32.2. The zero-order valence-electron chi connectivity index (χ0n) is 8.24. The number of methoxy groups -OCH3 is 1. The Morgan fingerprint density at radius 3 is 2.62 bits per heavy atom. The monoisotopic (exact) mass is 207 g/mol. The number of hydrogen-bond acceptors (Lipinski definition) is 4. The molecule has 5 heteroatoms. The summed E-state index contributed by atoms with van der Waals surface area (Å²) in [6.07, 6.45) is 0. The highest BCUT2D eigenvalue weighted by Crippen LogP contribution is 2.26. The molecule has 0 unspecified atom stereocenters. The molecular weight excluding hydrogens is 190 g/mol. The molecular formula is C8H17NO3S. The number of rotatable bonds is 6. The van der Waals surface area contributed by atoms with Crippen molar-refractivity contribution in [2.45, 2.75) is 24.6 Å². The first kappa shape index (κ1) is 12.7. The van der Waals surface area contributed by atoms with Crippen LogP contribution in [-0.4, -0.2) is 41.3 Å². The zero-order chi connectivity index (χ0) is 10.5. The Balaban J connectivity index is 3.98. The lowest BCUT2D eigenvalue weighted by Crippen LogP contribution is -2.47. The molecule has 0 amide bonds. The molecule has 78 valence electrons. The molecule has 0 aromatic carbocycles. The van der Waals surface area contributed by atoms with E-state index in [2.05, 4.69) is 0 Å². The first-order valence-corrected chi connectivity index (χ1v) is 5.01. The molecule has 0 aromatic rings. The molecule has 0 saturated heterocycles. The molecule has 3 N–H and O–H groups in total. The average Bonchev–Trinajstić information content (AvgIpc) is 2.03. The van der Waals surface area contributed by atoms with Crippen LogP contribution in [0, 0.1) is 0 Å². The number of carboxylic acids is 1. The van der Waals surface area contributed by atoms with Crippen molar-refractivity contribution in [3.63, 3.8) is 0 Å². The zero-order valence-corrected chi connectivity index (χ0v) is 9.06. The van der Waals surface area contributed by atoms with Crippen molar-refractivity contribution >= 4 is 17.7 Å². The van der Waals surface area contributed by atoms with Gasteiger partial charge in [0, 0.05) is 17.6 Å². The summed E-state index contributed by atoms with van der Waals surface area (Å²) in [6, 6.07) is -0.839. The number of carboxylic acid groups (broad SMARTS) is 1. The standard InChI is InChI=1S/C8H17NO3S/c1-8(2,6(9)7(10)11)13-5-4-12-3/h6H,4-5,9H2,1-3H3,(H,10,11)/t6-/m0/s1. The van der Waals surface area contributed by atoms with Gasteiger partial charge in [-0.1, -0.05) is 0 Å². The number of aliphatic carboxylic acids is 1. The molecule has 0 aliphatic carbocycles. The van der Waals surface area contributed by atoms with E-state index in [-0.39, 0.29) is 0 Å². The SMILES string of the molecule is COCCSC(C)(C)[C@@H](N)C(=O)O. The second-order valence-electron chi connectivity index (χ2n) is 3.26. The van der Waals surface area contributed by atoms with Gasteiger partial charge < -0.3 is 15.6 Å². The minimum Gasteiger partial charge on any atom is -0.480 e. The molecule has 0 saturated carbocycles. The second kappa shape index (κ2) is 5.47. The molecule has 0 radical (unpaired) electrons. The predicted octanol–water partition coefficient (Wildman–Crippen LogP) is 0.556. The lowest BCUT2D eigenvalue weighted by Gasteiger charge is -2.27. The van der Waals surface area contributed by atoms with Crippen molar-refractivity contribution in [3.05, 3.63) is 0 Å². The predicted molar refractivity (Wildman–Crippen MR) is 54.0 cm³/mol. The highest BCUT2D eigenvalue weighted by Gasteiger charge is 2.32. The Hall–Kier alpha value is -0.260. The Kier molecular flexibility index (Phi) is 5.36. The minimum absolute atomic E-state index is 0.454. The van der Waals surface area contributed by atoms with Crippen LogP contribution in [0.3, 0.4) is 0 Å². The lowest BCUT2D eigenvalue weighted by molar-refractivity contribution is -0.139. The molecule has 0 bridgehead atoms. The van der Waals surface area contributed by atoms with Gasteiger partial charge in [-0.2, -0.15) is 11.8 Å². The van der Waals surface area contributed by atoms with Gasteiger partial charge in [-0.05, 0) is 13.8 Å². The lowest BCUT2D eigenvalue weighted by atomic mass is 10.1. The number of thioether (sulfide) groups is 1. The van der Waals surface area contributed by atoms with Crippen molar-refractivity contribution in [2.24, 2.45) is 5.73 Å². The summed E-state index contributed by atoms with van der Waals surface area (Å²) in [6.45, 7) is 4.26. The first-order chi connectivity index (χ1) is 5.91. The average molecular weight is 207 g/mol. The van der Waals surface area contributed by atoms with E-state index in [4.69, 9.17) is 15.6 Å². The van der Waals surface area contributed by atoms with Crippen molar-refractivity contribution in [2.75, 3.05) is 19.5 Å². The summed E-state index contributed by atoms with van der Waals surface area (Å²) in [7, 11) is 1.62. The van der Waals surface area contributed by atoms with E-state index in [1.807, 2.05) is 13.8 Å². The smallest absolute Gasteiger partial charge is 0.321 e. The minimum atomic E-state index is -0.963. The maximum atomic E-state index is 10.6. The Bertz CT molecular complexity index is 173. The van der Waals surface area contributed by atoms with Crippen LogP contribution in [0.25, 0.3) is 0 Å². The molecule has 0 rings (SSSR count). The fourth-order valence-electron chi connectivity index (χ4n) is 0.775. The topological polar surface area (TPSA) is 72.5 Å². The Labute approximate surface area is 82.8 Å².